The van der Waals surface area contributed by atoms with Gasteiger partial charge in [-0.3, -0.25) is 9.79 Å². The van der Waals surface area contributed by atoms with Crippen molar-refractivity contribution < 1.29 is 28.5 Å². The number of nitrogens with two attached hydrogens (primary N) is 1. The predicted molar refractivity (Wildman–Crippen MR) is 135 cm³/mol. The molecule has 2 aromatic rings. The number of para-hydroxylation sites is 1. The van der Waals surface area contributed by atoms with Crippen LogP contribution in [0.15, 0.2) is 46.4 Å². The summed E-state index contributed by atoms with van der Waals surface area (Å²) in [6.07, 6.45) is -0.395. The first-order chi connectivity index (χ1) is 17.5. The second-order valence-corrected chi connectivity index (χ2v) is 8.66. The zero-order valence-corrected chi connectivity index (χ0v) is 21.1. The highest BCUT2D eigenvalue weighted by molar-refractivity contribution is 6.30. The molecule has 0 aliphatic carbocycles. The van der Waals surface area contributed by atoms with Gasteiger partial charge < -0.3 is 29.1 Å². The van der Waals surface area contributed by atoms with Crippen molar-refractivity contribution in [3.63, 3.8) is 0 Å². The number of halogens is 1. The van der Waals surface area contributed by atoms with Crippen molar-refractivity contribution in [1.29, 1.82) is 0 Å². The molecular weight excluding hydrogens is 488 g/mol. The molecule has 192 valence electrons. The molecular formula is C25H29ClN4O6. The molecule has 2 aliphatic rings. The minimum absolute atomic E-state index is 0.207. The zero-order chi connectivity index (χ0) is 25.7. The Balaban J connectivity index is 1.65. The van der Waals surface area contributed by atoms with E-state index >= 15 is 0 Å². The molecule has 2 aromatic carbocycles. The van der Waals surface area contributed by atoms with Crippen LogP contribution < -0.4 is 20.7 Å². The van der Waals surface area contributed by atoms with Crippen LogP contribution in [0.3, 0.4) is 0 Å². The minimum atomic E-state index is -0.625. The van der Waals surface area contributed by atoms with Crippen molar-refractivity contribution >= 4 is 35.0 Å². The van der Waals surface area contributed by atoms with Crippen molar-refractivity contribution in [3.05, 3.63) is 52.5 Å². The maximum absolute atomic E-state index is 11.5. The molecule has 36 heavy (non-hydrogen) atoms. The van der Waals surface area contributed by atoms with Crippen LogP contribution in [0.1, 0.15) is 36.5 Å². The number of ether oxygens (including phenoxy) is 5. The Morgan fingerprint density at radius 2 is 2.03 bits per heavy atom. The van der Waals surface area contributed by atoms with E-state index in [2.05, 4.69) is 10.4 Å². The van der Waals surface area contributed by atoms with Gasteiger partial charge in [0.15, 0.2) is 17.4 Å². The number of methoxy groups -OCH3 is 3. The number of carbonyl (C=O) groups excluding carboxylic acids is 1. The molecule has 0 spiro atoms. The van der Waals surface area contributed by atoms with E-state index in [1.807, 2.05) is 30.3 Å². The monoisotopic (exact) mass is 516 g/mol. The summed E-state index contributed by atoms with van der Waals surface area (Å²) in [5.74, 6) is 7.60. The Kier molecular flexibility index (Phi) is 8.29. The lowest BCUT2D eigenvalue weighted by atomic mass is 9.98. The summed E-state index contributed by atoms with van der Waals surface area (Å²) in [7, 11) is 4.52. The summed E-state index contributed by atoms with van der Waals surface area (Å²) in [6.45, 7) is 0.449. The molecule has 3 N–H and O–H groups in total. The summed E-state index contributed by atoms with van der Waals surface area (Å²) >= 11 is 6.37. The maximum atomic E-state index is 11.5. The molecule has 0 fully saturated rings. The second kappa shape index (κ2) is 11.6. The van der Waals surface area contributed by atoms with Crippen molar-refractivity contribution in [2.75, 3.05) is 27.9 Å². The number of nitrogens with one attached hydrogen (secondary N) is 1. The fourth-order valence-corrected chi connectivity index (χ4v) is 4.42. The molecule has 1 unspecified atom stereocenters. The van der Waals surface area contributed by atoms with Gasteiger partial charge in [0, 0.05) is 22.6 Å². The van der Waals surface area contributed by atoms with Gasteiger partial charge in [-0.15, -0.1) is 0 Å². The number of aliphatic imine (C=N–C) groups is 2. The molecule has 0 bridgehead atoms. The Hall–Kier alpha value is -3.34. The van der Waals surface area contributed by atoms with Crippen LogP contribution in [0.4, 0.5) is 5.69 Å². The van der Waals surface area contributed by atoms with Crippen LogP contribution in [0, 0.1) is 0 Å². The number of esters is 1. The first kappa shape index (κ1) is 25.7. The highest BCUT2D eigenvalue weighted by atomic mass is 35.5. The lowest BCUT2D eigenvalue weighted by molar-refractivity contribution is -0.141. The Labute approximate surface area is 214 Å². The maximum Gasteiger partial charge on any atom is 0.305 e. The average Bonchev–Trinajstić information content (AvgIpc) is 3.29. The van der Waals surface area contributed by atoms with Crippen molar-refractivity contribution in [2.45, 2.75) is 37.6 Å². The van der Waals surface area contributed by atoms with E-state index in [1.54, 1.807) is 20.3 Å². The summed E-state index contributed by atoms with van der Waals surface area (Å²) in [5.41, 5.74) is 4.80. The smallest absolute Gasteiger partial charge is 0.305 e. The fraction of sp³-hybridized carbons (Fsp3) is 0.400. The van der Waals surface area contributed by atoms with Crippen LogP contribution in [-0.2, 0) is 19.0 Å². The second-order valence-electron chi connectivity index (χ2n) is 8.23. The largest absolute Gasteiger partial charge is 0.493 e. The molecule has 0 amide bonds. The zero-order valence-electron chi connectivity index (χ0n) is 20.3. The molecule has 0 radical (unpaired) electrons. The molecule has 2 heterocycles. The van der Waals surface area contributed by atoms with E-state index in [9.17, 15) is 4.79 Å². The quantitative estimate of drug-likeness (QED) is 0.310. The van der Waals surface area contributed by atoms with Gasteiger partial charge >= 0.3 is 5.97 Å². The molecule has 3 atom stereocenters. The number of nitrogens with zero attached hydrogens (tertiary/aromatic N) is 2. The molecule has 2 aliphatic heterocycles. The highest BCUT2D eigenvalue weighted by Gasteiger charge is 2.34. The van der Waals surface area contributed by atoms with Gasteiger partial charge in [-0.1, -0.05) is 23.7 Å². The van der Waals surface area contributed by atoms with E-state index in [0.717, 1.165) is 11.1 Å². The number of amidine groups is 1. The Morgan fingerprint density at radius 1 is 1.19 bits per heavy atom. The summed E-state index contributed by atoms with van der Waals surface area (Å²) in [6, 6.07) is 11.0. The fourth-order valence-electron chi connectivity index (χ4n) is 4.24. The standard InChI is InChI=1S/C25H29ClN4O6/c1-32-19-6-4-5-16(24(19)34-3)23-17-11-14(26)7-9-18(17)29-25(30-27)20(36-23)12-21-28-13-15(35-21)8-10-22(31)33-2/h4-7,9,11,15,20,23H,8,10,12-13,27H2,1-3H3,(H,29,30)/t15?,20-,23-/m1/s1. The minimum Gasteiger partial charge on any atom is -0.493 e. The number of hydrogen-bond donors (Lipinski definition) is 2. The Morgan fingerprint density at radius 3 is 2.75 bits per heavy atom. The third kappa shape index (κ3) is 5.56. The first-order valence-electron chi connectivity index (χ1n) is 11.4. The van der Waals surface area contributed by atoms with Crippen LogP contribution in [0.2, 0.25) is 5.02 Å². The van der Waals surface area contributed by atoms with Gasteiger partial charge in [-0.25, -0.2) is 10.8 Å². The molecule has 11 heteroatoms. The van der Waals surface area contributed by atoms with Gasteiger partial charge in [0.1, 0.15) is 24.1 Å². The van der Waals surface area contributed by atoms with Crippen LogP contribution >= 0.6 is 11.6 Å². The molecule has 4 rings (SSSR count). The average molecular weight is 517 g/mol. The molecule has 0 saturated carbocycles. The van der Waals surface area contributed by atoms with E-state index < -0.39 is 12.2 Å². The number of benzene rings is 2. The number of hydrazine groups is 1. The summed E-state index contributed by atoms with van der Waals surface area (Å²) in [4.78, 5) is 20.7. The van der Waals surface area contributed by atoms with E-state index in [4.69, 9.17) is 46.1 Å². The van der Waals surface area contributed by atoms with Crippen LogP contribution in [0.25, 0.3) is 0 Å². The van der Waals surface area contributed by atoms with Gasteiger partial charge in [-0.2, -0.15) is 0 Å². The van der Waals surface area contributed by atoms with Crippen molar-refractivity contribution in [1.82, 2.24) is 5.43 Å². The lowest BCUT2D eigenvalue weighted by Crippen LogP contribution is -2.42. The van der Waals surface area contributed by atoms with Gasteiger partial charge in [0.2, 0.25) is 0 Å². The number of hydrogen-bond acceptors (Lipinski definition) is 10. The predicted octanol–water partition coefficient (Wildman–Crippen LogP) is 3.48. The first-order valence-corrected chi connectivity index (χ1v) is 11.8. The number of fused-ring (bicyclic) bond motifs is 1. The van der Waals surface area contributed by atoms with Crippen molar-refractivity contribution in [3.8, 4) is 11.5 Å². The topological polar surface area (TPSA) is 126 Å². The van der Waals surface area contributed by atoms with Crippen LogP contribution in [0.5, 0.6) is 11.5 Å². The molecule has 0 saturated heterocycles. The molecule has 10 nitrogen and oxygen atoms in total. The lowest BCUT2D eigenvalue weighted by Gasteiger charge is -2.26. The highest BCUT2D eigenvalue weighted by Crippen LogP contribution is 2.44. The summed E-state index contributed by atoms with van der Waals surface area (Å²) < 4.78 is 28.5. The molecule has 0 aromatic heterocycles. The van der Waals surface area contributed by atoms with E-state index in [0.29, 0.717) is 46.9 Å². The van der Waals surface area contributed by atoms with Gasteiger partial charge in [0.25, 0.3) is 0 Å². The SMILES string of the molecule is COC(=O)CCC1CN=C(C[C@H]2O[C@H](c3cccc(OC)c3OC)c3cc(Cl)ccc3N=C2NN)O1. The summed E-state index contributed by atoms with van der Waals surface area (Å²) in [5, 5.41) is 0.539. The van der Waals surface area contributed by atoms with Crippen LogP contribution in [-0.4, -0.2) is 57.8 Å². The third-order valence-corrected chi connectivity index (χ3v) is 6.25. The third-order valence-electron chi connectivity index (χ3n) is 6.01. The normalized spacial score (nSPS) is 20.9. The Bertz CT molecular complexity index is 1170. The van der Waals surface area contributed by atoms with E-state index in [1.165, 1.54) is 7.11 Å². The van der Waals surface area contributed by atoms with Gasteiger partial charge in [0.05, 0.1) is 40.0 Å². The van der Waals surface area contributed by atoms with E-state index in [-0.39, 0.29) is 24.9 Å². The number of rotatable bonds is 8. The number of carbonyl (C=O) groups is 1. The van der Waals surface area contributed by atoms with Gasteiger partial charge in [-0.05, 0) is 30.7 Å². The van der Waals surface area contributed by atoms with Crippen molar-refractivity contribution in [2.24, 2.45) is 15.8 Å².